The first-order valence-electron chi connectivity index (χ1n) is 3.44. The van der Waals surface area contributed by atoms with Gasteiger partial charge in [-0.15, -0.1) is 0 Å². The van der Waals surface area contributed by atoms with E-state index in [2.05, 4.69) is 9.98 Å². The molecule has 0 aliphatic heterocycles. The van der Waals surface area contributed by atoms with Crippen molar-refractivity contribution in [1.82, 2.24) is 0 Å². The van der Waals surface area contributed by atoms with Crippen LogP contribution in [0.15, 0.2) is 9.98 Å². The highest BCUT2D eigenvalue weighted by molar-refractivity contribution is 5.78. The molecule has 0 aliphatic carbocycles. The maximum Gasteiger partial charge on any atom is 0.205 e. The summed E-state index contributed by atoms with van der Waals surface area (Å²) >= 11 is 0. The Kier molecular flexibility index (Phi) is 6.37. The average molecular weight is 158 g/mol. The quantitative estimate of drug-likeness (QED) is 0.447. The van der Waals surface area contributed by atoms with Gasteiger partial charge in [0.2, 0.25) is 5.90 Å². The third-order valence-electron chi connectivity index (χ3n) is 1.03. The smallest absolute Gasteiger partial charge is 0.205 e. The van der Waals surface area contributed by atoms with Crippen LogP contribution in [-0.2, 0) is 9.47 Å². The Balaban J connectivity index is 3.50. The topological polar surface area (TPSA) is 43.2 Å². The first kappa shape index (κ1) is 9.94. The normalized spacial score (nSPS) is 12.1. The molecule has 0 N–H and O–H groups in total. The fourth-order valence-electron chi connectivity index (χ4n) is 0.469. The number of hydrogen-bond donors (Lipinski definition) is 0. The summed E-state index contributed by atoms with van der Waals surface area (Å²) in [6.07, 6.45) is 1.41. The van der Waals surface area contributed by atoms with Gasteiger partial charge in [0, 0.05) is 7.05 Å². The number of nitrogens with zero attached hydrogens (tertiary/aromatic N) is 2. The van der Waals surface area contributed by atoms with Gasteiger partial charge in [0.1, 0.15) is 6.54 Å². The van der Waals surface area contributed by atoms with Gasteiger partial charge < -0.3 is 9.47 Å². The van der Waals surface area contributed by atoms with Gasteiger partial charge >= 0.3 is 0 Å². The van der Waals surface area contributed by atoms with Crippen LogP contribution >= 0.6 is 0 Å². The fourth-order valence-corrected chi connectivity index (χ4v) is 0.469. The summed E-state index contributed by atoms with van der Waals surface area (Å²) in [7, 11) is 3.23. The van der Waals surface area contributed by atoms with Gasteiger partial charge in [0.25, 0.3) is 0 Å². The number of rotatable bonds is 4. The van der Waals surface area contributed by atoms with E-state index in [1.807, 2.05) is 6.92 Å². The van der Waals surface area contributed by atoms with E-state index in [4.69, 9.17) is 9.47 Å². The molecule has 11 heavy (non-hydrogen) atoms. The zero-order chi connectivity index (χ0) is 8.53. The van der Waals surface area contributed by atoms with Crippen molar-refractivity contribution in [2.45, 2.75) is 6.92 Å². The van der Waals surface area contributed by atoms with E-state index in [1.165, 1.54) is 6.40 Å². The van der Waals surface area contributed by atoms with Crippen molar-refractivity contribution in [1.29, 1.82) is 0 Å². The highest BCUT2D eigenvalue weighted by Gasteiger charge is 1.90. The molecule has 0 aromatic carbocycles. The van der Waals surface area contributed by atoms with Gasteiger partial charge in [-0.05, 0) is 6.92 Å². The lowest BCUT2D eigenvalue weighted by atomic mass is 10.6. The van der Waals surface area contributed by atoms with Gasteiger partial charge in [-0.3, -0.25) is 4.99 Å². The summed E-state index contributed by atoms with van der Waals surface area (Å²) in [6.45, 7) is 2.97. The van der Waals surface area contributed by atoms with Gasteiger partial charge in [-0.2, -0.15) is 0 Å². The van der Waals surface area contributed by atoms with Crippen molar-refractivity contribution in [2.75, 3.05) is 27.3 Å². The van der Waals surface area contributed by atoms with E-state index in [1.54, 1.807) is 14.2 Å². The highest BCUT2D eigenvalue weighted by atomic mass is 16.5. The molecule has 0 saturated heterocycles. The van der Waals surface area contributed by atoms with E-state index in [9.17, 15) is 0 Å². The maximum absolute atomic E-state index is 4.87. The van der Waals surface area contributed by atoms with Gasteiger partial charge in [0.05, 0.1) is 13.7 Å². The summed E-state index contributed by atoms with van der Waals surface area (Å²) < 4.78 is 9.73. The molecule has 0 rings (SSSR count). The molecule has 0 aromatic rings. The number of ether oxygens (including phenoxy) is 2. The van der Waals surface area contributed by atoms with Crippen molar-refractivity contribution >= 4 is 12.3 Å². The van der Waals surface area contributed by atoms with Crippen molar-refractivity contribution in [3.63, 3.8) is 0 Å². The molecule has 0 heterocycles. The SMILES string of the molecule is CCOC=NCC(=NC)OC. The minimum absolute atomic E-state index is 0.438. The number of aliphatic imine (C=N–C) groups is 2. The largest absolute Gasteiger partial charge is 0.484 e. The van der Waals surface area contributed by atoms with E-state index >= 15 is 0 Å². The van der Waals surface area contributed by atoms with Gasteiger partial charge in [-0.1, -0.05) is 0 Å². The predicted octanol–water partition coefficient (Wildman–Crippen LogP) is 0.726. The van der Waals surface area contributed by atoms with E-state index in [0.717, 1.165) is 0 Å². The molecule has 0 aliphatic rings. The summed E-state index contributed by atoms with van der Waals surface area (Å²) in [4.78, 5) is 7.73. The van der Waals surface area contributed by atoms with Gasteiger partial charge in [-0.25, -0.2) is 4.99 Å². The van der Waals surface area contributed by atoms with Crippen LogP contribution in [0.25, 0.3) is 0 Å². The van der Waals surface area contributed by atoms with Crippen molar-refractivity contribution < 1.29 is 9.47 Å². The van der Waals surface area contributed by atoms with Crippen molar-refractivity contribution in [3.8, 4) is 0 Å². The minimum atomic E-state index is 0.438. The summed E-state index contributed by atoms with van der Waals surface area (Å²) in [6, 6.07) is 0. The van der Waals surface area contributed by atoms with Crippen LogP contribution in [0.5, 0.6) is 0 Å². The first-order valence-corrected chi connectivity index (χ1v) is 3.44. The fraction of sp³-hybridized carbons (Fsp3) is 0.714. The number of methoxy groups -OCH3 is 1. The third kappa shape index (κ3) is 5.39. The predicted molar refractivity (Wildman–Crippen MR) is 45.4 cm³/mol. The Hall–Kier alpha value is -1.06. The molecule has 0 bridgehead atoms. The molecule has 0 saturated carbocycles. The molecule has 4 heteroatoms. The van der Waals surface area contributed by atoms with E-state index in [0.29, 0.717) is 19.0 Å². The Morgan fingerprint density at radius 2 is 2.27 bits per heavy atom. The molecule has 0 spiro atoms. The maximum atomic E-state index is 4.87. The molecular formula is C7H14N2O2. The number of hydrogen-bond acceptors (Lipinski definition) is 4. The Labute approximate surface area is 66.9 Å². The molecule has 0 radical (unpaired) electrons. The van der Waals surface area contributed by atoms with Crippen LogP contribution in [0, 0.1) is 0 Å². The lowest BCUT2D eigenvalue weighted by molar-refractivity contribution is 0.341. The average Bonchev–Trinajstić information content (AvgIpc) is 2.05. The van der Waals surface area contributed by atoms with Crippen LogP contribution < -0.4 is 0 Å². The lowest BCUT2D eigenvalue weighted by Gasteiger charge is -1.98. The van der Waals surface area contributed by atoms with Crippen LogP contribution in [0.4, 0.5) is 0 Å². The molecule has 0 fully saturated rings. The second kappa shape index (κ2) is 7.05. The second-order valence-corrected chi connectivity index (χ2v) is 1.72. The third-order valence-corrected chi connectivity index (χ3v) is 1.03. The monoisotopic (exact) mass is 158 g/mol. The minimum Gasteiger partial charge on any atom is -0.484 e. The molecule has 0 aromatic heterocycles. The van der Waals surface area contributed by atoms with E-state index in [-0.39, 0.29) is 0 Å². The molecular weight excluding hydrogens is 144 g/mol. The van der Waals surface area contributed by atoms with Gasteiger partial charge in [0.15, 0.2) is 6.40 Å². The summed E-state index contributed by atoms with van der Waals surface area (Å²) in [5.41, 5.74) is 0. The van der Waals surface area contributed by atoms with Crippen LogP contribution in [-0.4, -0.2) is 39.6 Å². The van der Waals surface area contributed by atoms with Crippen LogP contribution in [0.1, 0.15) is 6.92 Å². The zero-order valence-corrected chi connectivity index (χ0v) is 7.20. The van der Waals surface area contributed by atoms with Crippen LogP contribution in [0.3, 0.4) is 0 Å². The Morgan fingerprint density at radius 3 is 2.73 bits per heavy atom. The Bertz CT molecular complexity index is 143. The highest BCUT2D eigenvalue weighted by Crippen LogP contribution is 1.79. The van der Waals surface area contributed by atoms with Crippen molar-refractivity contribution in [3.05, 3.63) is 0 Å². The standard InChI is InChI=1S/C7H14N2O2/c1-4-11-6-9-5-7(8-2)10-3/h6H,4-5H2,1-3H3. The molecule has 0 atom stereocenters. The summed E-state index contributed by atoms with van der Waals surface area (Å²) in [5, 5.41) is 0. The zero-order valence-electron chi connectivity index (χ0n) is 7.20. The first-order chi connectivity index (χ1) is 5.35. The lowest BCUT2D eigenvalue weighted by Crippen LogP contribution is -2.05. The molecule has 4 nitrogen and oxygen atoms in total. The van der Waals surface area contributed by atoms with Crippen LogP contribution in [0.2, 0.25) is 0 Å². The van der Waals surface area contributed by atoms with Crippen molar-refractivity contribution in [2.24, 2.45) is 9.98 Å². The molecule has 0 unspecified atom stereocenters. The Morgan fingerprint density at radius 1 is 1.55 bits per heavy atom. The van der Waals surface area contributed by atoms with E-state index < -0.39 is 0 Å². The second-order valence-electron chi connectivity index (χ2n) is 1.72. The molecule has 0 amide bonds. The molecule has 64 valence electrons. The summed E-state index contributed by atoms with van der Waals surface area (Å²) in [5.74, 6) is 0.598.